The summed E-state index contributed by atoms with van der Waals surface area (Å²) < 4.78 is 5.48. The van der Waals surface area contributed by atoms with E-state index in [4.69, 9.17) is 9.72 Å². The molecule has 2 heterocycles. The highest BCUT2D eigenvalue weighted by molar-refractivity contribution is 6.05. The van der Waals surface area contributed by atoms with Gasteiger partial charge in [0, 0.05) is 17.0 Å². The van der Waals surface area contributed by atoms with Gasteiger partial charge in [-0.2, -0.15) is 0 Å². The Bertz CT molecular complexity index is 1280. The monoisotopic (exact) mass is 339 g/mol. The molecule has 0 saturated heterocycles. The molecule has 124 valence electrons. The molecule has 0 spiro atoms. The summed E-state index contributed by atoms with van der Waals surface area (Å²) in [5.41, 5.74) is 4.47. The number of fused-ring (bicyclic) bond motifs is 4. The van der Waals surface area contributed by atoms with E-state index in [9.17, 15) is 4.79 Å². The lowest BCUT2D eigenvalue weighted by Crippen LogP contribution is -2.08. The first-order chi connectivity index (χ1) is 12.8. The third-order valence-electron chi connectivity index (χ3n) is 4.29. The van der Waals surface area contributed by atoms with Crippen LogP contribution in [-0.4, -0.2) is 20.9 Å². The van der Waals surface area contributed by atoms with Crippen LogP contribution >= 0.6 is 0 Å². The minimum absolute atomic E-state index is 0.397. The fourth-order valence-electron chi connectivity index (χ4n) is 3.04. The molecule has 0 amide bonds. The molecule has 1 N–H and O–H groups in total. The molecule has 0 aliphatic carbocycles. The Kier molecular flexibility index (Phi) is 3.18. The number of benzene rings is 3. The Morgan fingerprint density at radius 2 is 1.65 bits per heavy atom. The van der Waals surface area contributed by atoms with Crippen LogP contribution in [-0.2, 0) is 0 Å². The fourth-order valence-corrected chi connectivity index (χ4v) is 3.04. The van der Waals surface area contributed by atoms with Gasteiger partial charge in [-0.1, -0.05) is 36.4 Å². The second-order valence-corrected chi connectivity index (χ2v) is 6.00. The van der Waals surface area contributed by atoms with Crippen LogP contribution in [0, 0.1) is 0 Å². The zero-order valence-electron chi connectivity index (χ0n) is 13.6. The summed E-state index contributed by atoms with van der Waals surface area (Å²) in [5, 5.41) is 1.02. The molecule has 0 unspecified atom stereocenters. The van der Waals surface area contributed by atoms with Crippen LogP contribution in [0.15, 0.2) is 72.8 Å². The van der Waals surface area contributed by atoms with Crippen molar-refractivity contribution in [2.24, 2.45) is 0 Å². The molecule has 0 aliphatic heterocycles. The van der Waals surface area contributed by atoms with Gasteiger partial charge in [0.25, 0.3) is 0 Å². The summed E-state index contributed by atoms with van der Waals surface area (Å²) in [6.07, 6.45) is 0. The number of aromatic amines is 1. The molecule has 5 rings (SSSR count). The van der Waals surface area contributed by atoms with Crippen molar-refractivity contribution in [1.29, 1.82) is 0 Å². The molecule has 5 aromatic rings. The first kappa shape index (κ1) is 14.6. The van der Waals surface area contributed by atoms with E-state index in [0.29, 0.717) is 16.8 Å². The van der Waals surface area contributed by atoms with Crippen molar-refractivity contribution in [1.82, 2.24) is 15.0 Å². The molecule has 0 radical (unpaired) electrons. The SMILES string of the molecule is O=C(Oc1ccc2nc3[nH]c4ccccc4c3nc2c1)c1ccccc1. The maximum atomic E-state index is 12.2. The molecule has 5 heteroatoms. The molecule has 3 aromatic carbocycles. The number of hydrogen-bond donors (Lipinski definition) is 1. The number of ether oxygens (including phenoxy) is 1. The average molecular weight is 339 g/mol. The predicted molar refractivity (Wildman–Crippen MR) is 100 cm³/mol. The van der Waals surface area contributed by atoms with Crippen LogP contribution in [0.25, 0.3) is 33.1 Å². The number of nitrogens with one attached hydrogen (secondary N) is 1. The average Bonchev–Trinajstić information content (AvgIpc) is 3.04. The van der Waals surface area contributed by atoms with E-state index < -0.39 is 5.97 Å². The molecule has 26 heavy (non-hydrogen) atoms. The van der Waals surface area contributed by atoms with Crippen molar-refractivity contribution in [3.8, 4) is 5.75 Å². The van der Waals surface area contributed by atoms with Gasteiger partial charge in [0.2, 0.25) is 0 Å². The van der Waals surface area contributed by atoms with Crippen molar-refractivity contribution in [2.45, 2.75) is 0 Å². The Morgan fingerprint density at radius 3 is 2.54 bits per heavy atom. The molecule has 0 bridgehead atoms. The van der Waals surface area contributed by atoms with Gasteiger partial charge in [-0.15, -0.1) is 0 Å². The predicted octanol–water partition coefficient (Wildman–Crippen LogP) is 4.48. The van der Waals surface area contributed by atoms with E-state index in [1.165, 1.54) is 0 Å². The molecular weight excluding hydrogens is 326 g/mol. The largest absolute Gasteiger partial charge is 0.423 e. The minimum Gasteiger partial charge on any atom is -0.423 e. The number of para-hydroxylation sites is 1. The van der Waals surface area contributed by atoms with E-state index in [-0.39, 0.29) is 0 Å². The number of esters is 1. The Morgan fingerprint density at radius 1 is 0.846 bits per heavy atom. The van der Waals surface area contributed by atoms with Crippen LogP contribution in [0.3, 0.4) is 0 Å². The topological polar surface area (TPSA) is 67.9 Å². The second-order valence-electron chi connectivity index (χ2n) is 6.00. The summed E-state index contributed by atoms with van der Waals surface area (Å²) in [6.45, 7) is 0. The van der Waals surface area contributed by atoms with Gasteiger partial charge in [-0.25, -0.2) is 14.8 Å². The van der Waals surface area contributed by atoms with Crippen molar-refractivity contribution in [3.05, 3.63) is 78.4 Å². The minimum atomic E-state index is -0.397. The van der Waals surface area contributed by atoms with Crippen molar-refractivity contribution >= 4 is 39.1 Å². The third kappa shape index (κ3) is 2.38. The van der Waals surface area contributed by atoms with Gasteiger partial charge in [0.15, 0.2) is 5.65 Å². The highest BCUT2D eigenvalue weighted by Crippen LogP contribution is 2.26. The standard InChI is InChI=1S/C21H13N3O2/c25-21(13-6-2-1-3-7-13)26-14-10-11-17-18(12-14)22-19-15-8-4-5-9-16(15)23-20(19)24-17/h1-12H,(H,23,24). The van der Waals surface area contributed by atoms with Crippen LogP contribution < -0.4 is 4.74 Å². The lowest BCUT2D eigenvalue weighted by molar-refractivity contribution is 0.0735. The first-order valence-electron chi connectivity index (χ1n) is 8.23. The number of nitrogens with zero attached hydrogens (tertiary/aromatic N) is 2. The summed E-state index contributed by atoms with van der Waals surface area (Å²) in [5.74, 6) is 0.0472. The normalized spacial score (nSPS) is 11.2. The lowest BCUT2D eigenvalue weighted by atomic mass is 10.2. The second kappa shape index (κ2) is 5.67. The van der Waals surface area contributed by atoms with Crippen molar-refractivity contribution < 1.29 is 9.53 Å². The van der Waals surface area contributed by atoms with Gasteiger partial charge in [0.05, 0.1) is 16.6 Å². The van der Waals surface area contributed by atoms with E-state index in [1.54, 1.807) is 42.5 Å². The number of hydrogen-bond acceptors (Lipinski definition) is 4. The van der Waals surface area contributed by atoms with Crippen molar-refractivity contribution in [3.63, 3.8) is 0 Å². The summed E-state index contributed by atoms with van der Waals surface area (Å²) in [7, 11) is 0. The van der Waals surface area contributed by atoms with E-state index in [1.807, 2.05) is 30.3 Å². The van der Waals surface area contributed by atoms with Crippen molar-refractivity contribution in [2.75, 3.05) is 0 Å². The van der Waals surface area contributed by atoms with Crippen LogP contribution in [0.2, 0.25) is 0 Å². The zero-order chi connectivity index (χ0) is 17.5. The number of aromatic nitrogens is 3. The fraction of sp³-hybridized carbons (Fsp3) is 0. The van der Waals surface area contributed by atoms with Gasteiger partial charge >= 0.3 is 5.97 Å². The van der Waals surface area contributed by atoms with Crippen LogP contribution in [0.4, 0.5) is 0 Å². The number of carbonyl (C=O) groups excluding carboxylic acids is 1. The van der Waals surface area contributed by atoms with Gasteiger partial charge in [-0.3, -0.25) is 0 Å². The lowest BCUT2D eigenvalue weighted by Gasteiger charge is -2.05. The maximum Gasteiger partial charge on any atom is 0.343 e. The highest BCUT2D eigenvalue weighted by atomic mass is 16.5. The molecule has 0 aliphatic rings. The maximum absolute atomic E-state index is 12.2. The quantitative estimate of drug-likeness (QED) is 0.380. The molecule has 0 fully saturated rings. The number of H-pyrrole nitrogens is 1. The van der Waals surface area contributed by atoms with Gasteiger partial charge < -0.3 is 9.72 Å². The highest BCUT2D eigenvalue weighted by Gasteiger charge is 2.11. The van der Waals surface area contributed by atoms with Gasteiger partial charge in [0.1, 0.15) is 11.3 Å². The zero-order valence-corrected chi connectivity index (χ0v) is 13.6. The summed E-state index contributed by atoms with van der Waals surface area (Å²) in [4.78, 5) is 24.9. The van der Waals surface area contributed by atoms with Crippen LogP contribution in [0.1, 0.15) is 10.4 Å². The van der Waals surface area contributed by atoms with Gasteiger partial charge in [-0.05, 0) is 30.3 Å². The smallest absolute Gasteiger partial charge is 0.343 e. The first-order valence-corrected chi connectivity index (χ1v) is 8.23. The number of carbonyl (C=O) groups is 1. The summed E-state index contributed by atoms with van der Waals surface area (Å²) >= 11 is 0. The third-order valence-corrected chi connectivity index (χ3v) is 4.29. The van der Waals surface area contributed by atoms with E-state index >= 15 is 0 Å². The molecular formula is C21H13N3O2. The molecule has 5 nitrogen and oxygen atoms in total. The van der Waals surface area contributed by atoms with E-state index in [2.05, 4.69) is 9.97 Å². The molecule has 2 aromatic heterocycles. The Labute approximate surface area is 148 Å². The van der Waals surface area contributed by atoms with E-state index in [0.717, 1.165) is 27.6 Å². The Hall–Kier alpha value is -3.73. The Balaban J connectivity index is 1.59. The van der Waals surface area contributed by atoms with Crippen LogP contribution in [0.5, 0.6) is 5.75 Å². The summed E-state index contributed by atoms with van der Waals surface area (Å²) in [6, 6.07) is 22.1. The molecule has 0 saturated carbocycles. The molecule has 0 atom stereocenters. The number of rotatable bonds is 2.